The molecule has 1 aliphatic rings. The van der Waals surface area contributed by atoms with E-state index in [-0.39, 0.29) is 24.8 Å². The number of ether oxygens (including phenoxy) is 2. The Morgan fingerprint density at radius 3 is 2.66 bits per heavy atom. The number of carbonyl (C=O) groups excluding carboxylic acids is 3. The van der Waals surface area contributed by atoms with Crippen molar-refractivity contribution in [3.8, 4) is 5.75 Å². The number of hydrogen-bond donors (Lipinski definition) is 1. The summed E-state index contributed by atoms with van der Waals surface area (Å²) in [6, 6.07) is 6.00. The molecular formula is C20H23N3O6. The van der Waals surface area contributed by atoms with Crippen molar-refractivity contribution in [3.05, 3.63) is 46.8 Å². The number of esters is 1. The Morgan fingerprint density at radius 1 is 1.28 bits per heavy atom. The van der Waals surface area contributed by atoms with Gasteiger partial charge in [0.25, 0.3) is 11.8 Å². The summed E-state index contributed by atoms with van der Waals surface area (Å²) >= 11 is 0. The topological polar surface area (TPSA) is 111 Å². The fourth-order valence-electron chi connectivity index (χ4n) is 3.07. The highest BCUT2D eigenvalue weighted by Crippen LogP contribution is 2.24. The van der Waals surface area contributed by atoms with Crippen LogP contribution in [0.1, 0.15) is 46.0 Å². The van der Waals surface area contributed by atoms with Crippen LogP contribution in [0.5, 0.6) is 5.75 Å². The molecule has 2 heterocycles. The van der Waals surface area contributed by atoms with E-state index >= 15 is 0 Å². The summed E-state index contributed by atoms with van der Waals surface area (Å²) in [5.41, 5.74) is 1.14. The first-order chi connectivity index (χ1) is 13.9. The highest BCUT2D eigenvalue weighted by atomic mass is 16.5. The maximum Gasteiger partial charge on any atom is 0.328 e. The Labute approximate surface area is 167 Å². The first-order valence-corrected chi connectivity index (χ1v) is 9.32. The second-order valence-corrected chi connectivity index (χ2v) is 6.59. The minimum absolute atomic E-state index is 0.0726. The quantitative estimate of drug-likeness (QED) is 0.731. The van der Waals surface area contributed by atoms with E-state index in [2.05, 4.69) is 10.5 Å². The maximum absolute atomic E-state index is 12.8. The van der Waals surface area contributed by atoms with E-state index in [1.165, 1.54) is 6.92 Å². The average Bonchev–Trinajstić information content (AvgIpc) is 3.16. The van der Waals surface area contributed by atoms with Crippen LogP contribution in [0, 0.1) is 0 Å². The Balaban J connectivity index is 1.72. The van der Waals surface area contributed by atoms with Crippen molar-refractivity contribution in [2.24, 2.45) is 0 Å². The van der Waals surface area contributed by atoms with Crippen LogP contribution in [0.15, 0.2) is 28.8 Å². The van der Waals surface area contributed by atoms with Gasteiger partial charge in [-0.2, -0.15) is 0 Å². The fraction of sp³-hybridized carbons (Fsp3) is 0.400. The first kappa shape index (κ1) is 20.4. The van der Waals surface area contributed by atoms with Crippen molar-refractivity contribution in [1.29, 1.82) is 0 Å². The van der Waals surface area contributed by atoms with Gasteiger partial charge < -0.3 is 24.2 Å². The van der Waals surface area contributed by atoms with E-state index < -0.39 is 17.9 Å². The highest BCUT2D eigenvalue weighted by Gasteiger charge is 2.31. The van der Waals surface area contributed by atoms with Gasteiger partial charge in [-0.05, 0) is 38.1 Å². The molecule has 9 heteroatoms. The number of aromatic nitrogens is 1. The van der Waals surface area contributed by atoms with Crippen LogP contribution in [0.3, 0.4) is 0 Å². The van der Waals surface area contributed by atoms with Crippen molar-refractivity contribution < 1.29 is 28.4 Å². The summed E-state index contributed by atoms with van der Waals surface area (Å²) < 4.78 is 15.3. The monoisotopic (exact) mass is 401 g/mol. The number of methoxy groups -OCH3 is 1. The maximum atomic E-state index is 12.8. The first-order valence-electron chi connectivity index (χ1n) is 9.32. The van der Waals surface area contributed by atoms with Crippen LogP contribution in [-0.2, 0) is 22.5 Å². The molecule has 0 fully saturated rings. The molecule has 1 atom stereocenters. The van der Waals surface area contributed by atoms with Gasteiger partial charge in [0.05, 0.1) is 20.3 Å². The van der Waals surface area contributed by atoms with Gasteiger partial charge in [0, 0.05) is 24.1 Å². The molecular weight excluding hydrogens is 378 g/mol. The van der Waals surface area contributed by atoms with Crippen molar-refractivity contribution in [2.75, 3.05) is 20.3 Å². The Bertz CT molecular complexity index is 905. The molecule has 9 nitrogen and oxygen atoms in total. The smallest absolute Gasteiger partial charge is 0.328 e. The van der Waals surface area contributed by atoms with Crippen molar-refractivity contribution in [2.45, 2.75) is 32.9 Å². The van der Waals surface area contributed by atoms with Crippen molar-refractivity contribution >= 4 is 17.8 Å². The lowest BCUT2D eigenvalue weighted by molar-refractivity contribution is -0.144. The van der Waals surface area contributed by atoms with E-state index in [1.807, 2.05) is 0 Å². The minimum atomic E-state index is -0.824. The molecule has 0 radical (unpaired) electrons. The number of benzene rings is 1. The third kappa shape index (κ3) is 4.39. The van der Waals surface area contributed by atoms with Gasteiger partial charge in [-0.1, -0.05) is 5.16 Å². The Hall–Kier alpha value is -3.36. The molecule has 2 aromatic rings. The van der Waals surface area contributed by atoms with Crippen LogP contribution in [0.2, 0.25) is 0 Å². The summed E-state index contributed by atoms with van der Waals surface area (Å²) in [5.74, 6) is -0.0107. The number of hydrogen-bond acceptors (Lipinski definition) is 7. The number of nitrogens with one attached hydrogen (secondary N) is 1. The molecule has 0 aliphatic carbocycles. The van der Waals surface area contributed by atoms with Crippen LogP contribution in [0.25, 0.3) is 0 Å². The van der Waals surface area contributed by atoms with Gasteiger partial charge in [0.2, 0.25) is 0 Å². The van der Waals surface area contributed by atoms with E-state index in [9.17, 15) is 14.4 Å². The zero-order valence-corrected chi connectivity index (χ0v) is 16.6. The molecule has 0 spiro atoms. The van der Waals surface area contributed by atoms with E-state index in [4.69, 9.17) is 14.0 Å². The number of amides is 2. The molecule has 3 rings (SSSR count). The Kier molecular flexibility index (Phi) is 6.16. The molecule has 1 unspecified atom stereocenters. The summed E-state index contributed by atoms with van der Waals surface area (Å²) in [6.45, 7) is 4.09. The van der Waals surface area contributed by atoms with Crippen molar-refractivity contribution in [1.82, 2.24) is 15.4 Å². The lowest BCUT2D eigenvalue weighted by atomic mass is 10.0. The lowest BCUT2D eigenvalue weighted by Gasteiger charge is -2.26. The summed E-state index contributed by atoms with van der Waals surface area (Å²) in [6.07, 6.45) is 0.449. The number of fused-ring (bicyclic) bond motifs is 1. The summed E-state index contributed by atoms with van der Waals surface area (Å²) in [4.78, 5) is 38.7. The minimum Gasteiger partial charge on any atom is -0.497 e. The van der Waals surface area contributed by atoms with E-state index in [0.717, 1.165) is 0 Å². The SMILES string of the molecule is CCOC(=O)C(C)NC(=O)c1noc2c1CN(C(=O)c1ccc(OC)cc1)CC2. The molecule has 0 saturated heterocycles. The number of nitrogens with zero attached hydrogens (tertiary/aromatic N) is 2. The predicted octanol–water partition coefficient (Wildman–Crippen LogP) is 1.56. The van der Waals surface area contributed by atoms with Crippen LogP contribution >= 0.6 is 0 Å². The molecule has 1 aromatic carbocycles. The average molecular weight is 401 g/mol. The zero-order chi connectivity index (χ0) is 21.0. The third-order valence-corrected chi connectivity index (χ3v) is 4.65. The normalized spacial score (nSPS) is 14.0. The molecule has 2 amide bonds. The number of rotatable bonds is 6. The standard InChI is InChI=1S/C20H23N3O6/c1-4-28-20(26)12(2)21-18(24)17-15-11-23(10-9-16(15)29-22-17)19(25)13-5-7-14(27-3)8-6-13/h5-8,12H,4,9-11H2,1-3H3,(H,21,24). The molecule has 1 aliphatic heterocycles. The van der Waals surface area contributed by atoms with Gasteiger partial charge in [-0.15, -0.1) is 0 Å². The largest absolute Gasteiger partial charge is 0.497 e. The van der Waals surface area contributed by atoms with Gasteiger partial charge in [-0.3, -0.25) is 9.59 Å². The summed E-state index contributed by atoms with van der Waals surface area (Å²) in [7, 11) is 1.56. The van der Waals surface area contributed by atoms with Gasteiger partial charge in [-0.25, -0.2) is 4.79 Å². The van der Waals surface area contributed by atoms with Crippen LogP contribution in [0.4, 0.5) is 0 Å². The van der Waals surface area contributed by atoms with Crippen molar-refractivity contribution in [3.63, 3.8) is 0 Å². The van der Waals surface area contributed by atoms with Crippen LogP contribution < -0.4 is 10.1 Å². The second-order valence-electron chi connectivity index (χ2n) is 6.59. The lowest BCUT2D eigenvalue weighted by Crippen LogP contribution is -2.41. The van der Waals surface area contributed by atoms with Gasteiger partial charge in [0.15, 0.2) is 5.69 Å². The van der Waals surface area contributed by atoms with Gasteiger partial charge >= 0.3 is 5.97 Å². The molecule has 1 N–H and O–H groups in total. The third-order valence-electron chi connectivity index (χ3n) is 4.65. The van der Waals surface area contributed by atoms with Gasteiger partial charge in [0.1, 0.15) is 17.6 Å². The molecule has 29 heavy (non-hydrogen) atoms. The second kappa shape index (κ2) is 8.76. The van der Waals surface area contributed by atoms with E-state index in [1.54, 1.807) is 43.2 Å². The summed E-state index contributed by atoms with van der Waals surface area (Å²) in [5, 5.41) is 6.40. The molecule has 0 bridgehead atoms. The highest BCUT2D eigenvalue weighted by molar-refractivity contribution is 5.97. The molecule has 1 aromatic heterocycles. The zero-order valence-electron chi connectivity index (χ0n) is 16.6. The predicted molar refractivity (Wildman–Crippen MR) is 102 cm³/mol. The Morgan fingerprint density at radius 2 is 2.00 bits per heavy atom. The molecule has 0 saturated carbocycles. The van der Waals surface area contributed by atoms with E-state index in [0.29, 0.717) is 35.6 Å². The number of carbonyl (C=O) groups is 3. The molecule has 154 valence electrons. The van der Waals surface area contributed by atoms with Crippen LogP contribution in [-0.4, -0.2) is 54.1 Å². The fourth-order valence-corrected chi connectivity index (χ4v) is 3.07.